The third-order valence-electron chi connectivity index (χ3n) is 6.15. The van der Waals surface area contributed by atoms with Crippen LogP contribution < -0.4 is 9.47 Å². The van der Waals surface area contributed by atoms with E-state index in [1.165, 1.54) is 19.3 Å². The van der Waals surface area contributed by atoms with E-state index in [9.17, 15) is 9.59 Å². The minimum absolute atomic E-state index is 0.0626. The Kier molecular flexibility index (Phi) is 10.8. The van der Waals surface area contributed by atoms with E-state index in [2.05, 4.69) is 6.92 Å². The third kappa shape index (κ3) is 9.04. The number of ketones is 1. The number of aryl methyl sites for hydroxylation is 4. The molecule has 0 atom stereocenters. The Morgan fingerprint density at radius 3 is 1.87 bits per heavy atom. The van der Waals surface area contributed by atoms with Crippen molar-refractivity contribution >= 4 is 17.8 Å². The second-order valence-electron chi connectivity index (χ2n) is 11.6. The van der Waals surface area contributed by atoms with Gasteiger partial charge in [-0.3, -0.25) is 4.79 Å². The fraction of sp³-hybridized carbons (Fsp3) is 0.515. The molecule has 0 saturated heterocycles. The number of rotatable bonds is 12. The number of hydrogen-bond donors (Lipinski definition) is 0. The summed E-state index contributed by atoms with van der Waals surface area (Å²) in [6, 6.07) is 7.69. The zero-order chi connectivity index (χ0) is 28.7. The molecule has 2 aromatic rings. The van der Waals surface area contributed by atoms with Crippen LogP contribution >= 0.6 is 0 Å². The van der Waals surface area contributed by atoms with Gasteiger partial charge in [0.2, 0.25) is 0 Å². The molecule has 0 fully saturated rings. The van der Waals surface area contributed by atoms with E-state index in [1.807, 2.05) is 78.8 Å². The van der Waals surface area contributed by atoms with Gasteiger partial charge in [0.15, 0.2) is 11.4 Å². The smallest absolute Gasteiger partial charge is 0.350 e. The minimum atomic E-state index is -1.14. The summed E-state index contributed by atoms with van der Waals surface area (Å²) >= 11 is 0. The van der Waals surface area contributed by atoms with Crippen LogP contribution in [0.3, 0.4) is 0 Å². The molecule has 0 unspecified atom stereocenters. The average molecular weight is 523 g/mol. The molecule has 2 aromatic carbocycles. The van der Waals surface area contributed by atoms with E-state index in [4.69, 9.17) is 14.2 Å². The maximum atomic E-state index is 13.0. The second kappa shape index (κ2) is 13.1. The molecular weight excluding hydrogens is 476 g/mol. The zero-order valence-corrected chi connectivity index (χ0v) is 25.0. The third-order valence-corrected chi connectivity index (χ3v) is 6.15. The van der Waals surface area contributed by atoms with Crippen LogP contribution in [-0.4, -0.2) is 29.6 Å². The fourth-order valence-corrected chi connectivity index (χ4v) is 4.23. The molecule has 0 saturated carbocycles. The summed E-state index contributed by atoms with van der Waals surface area (Å²) in [5, 5.41) is 0. The SMILES string of the molecule is CCCCCCOc1c(C)cc(C(=O)C=Cc2cc(C)c(OC(C)(C)C(=O)OC(C)(C)C)c(C)c2)cc1C. The number of benzene rings is 2. The highest BCUT2D eigenvalue weighted by Crippen LogP contribution is 2.31. The van der Waals surface area contributed by atoms with Crippen molar-refractivity contribution in [1.82, 2.24) is 0 Å². The number of hydrogen-bond acceptors (Lipinski definition) is 5. The van der Waals surface area contributed by atoms with Crippen molar-refractivity contribution in [2.75, 3.05) is 6.61 Å². The van der Waals surface area contributed by atoms with Crippen LogP contribution in [0, 0.1) is 27.7 Å². The maximum absolute atomic E-state index is 13.0. The molecule has 0 N–H and O–H groups in total. The number of carbonyl (C=O) groups is 2. The molecule has 0 radical (unpaired) electrons. The molecule has 0 aliphatic heterocycles. The van der Waals surface area contributed by atoms with Gasteiger partial charge >= 0.3 is 5.97 Å². The number of allylic oxidation sites excluding steroid dienone is 1. The van der Waals surface area contributed by atoms with E-state index in [0.29, 0.717) is 17.9 Å². The maximum Gasteiger partial charge on any atom is 0.350 e. The summed E-state index contributed by atoms with van der Waals surface area (Å²) in [5.41, 5.74) is 3.48. The van der Waals surface area contributed by atoms with Crippen LogP contribution in [0.25, 0.3) is 6.08 Å². The predicted octanol–water partition coefficient (Wildman–Crippen LogP) is 8.27. The topological polar surface area (TPSA) is 61.8 Å². The van der Waals surface area contributed by atoms with E-state index in [0.717, 1.165) is 40.0 Å². The predicted molar refractivity (Wildman–Crippen MR) is 155 cm³/mol. The minimum Gasteiger partial charge on any atom is -0.493 e. The van der Waals surface area contributed by atoms with E-state index in [-0.39, 0.29) is 5.78 Å². The van der Waals surface area contributed by atoms with Crippen molar-refractivity contribution in [2.24, 2.45) is 0 Å². The number of unbranched alkanes of at least 4 members (excludes halogenated alkanes) is 3. The highest BCUT2D eigenvalue weighted by atomic mass is 16.6. The molecular formula is C33H46O5. The molecule has 0 bridgehead atoms. The Balaban J connectivity index is 2.14. The van der Waals surface area contributed by atoms with Crippen LogP contribution in [0.2, 0.25) is 0 Å². The van der Waals surface area contributed by atoms with Gasteiger partial charge in [0.1, 0.15) is 17.1 Å². The van der Waals surface area contributed by atoms with Crippen molar-refractivity contribution in [1.29, 1.82) is 0 Å². The zero-order valence-electron chi connectivity index (χ0n) is 25.0. The Labute approximate surface area is 229 Å². The van der Waals surface area contributed by atoms with Gasteiger partial charge in [-0.25, -0.2) is 4.79 Å². The van der Waals surface area contributed by atoms with Gasteiger partial charge in [-0.1, -0.05) is 32.3 Å². The Morgan fingerprint density at radius 2 is 1.34 bits per heavy atom. The number of esters is 1. The normalized spacial score (nSPS) is 12.1. The summed E-state index contributed by atoms with van der Waals surface area (Å²) in [4.78, 5) is 25.6. The lowest BCUT2D eigenvalue weighted by Gasteiger charge is -2.30. The van der Waals surface area contributed by atoms with Crippen LogP contribution in [0.1, 0.15) is 105 Å². The molecule has 0 aromatic heterocycles. The molecule has 208 valence electrons. The summed E-state index contributed by atoms with van der Waals surface area (Å²) in [6.07, 6.45) is 8.04. The van der Waals surface area contributed by atoms with Crippen molar-refractivity contribution in [3.63, 3.8) is 0 Å². The van der Waals surface area contributed by atoms with E-state index >= 15 is 0 Å². The van der Waals surface area contributed by atoms with Gasteiger partial charge in [0.05, 0.1) is 6.61 Å². The van der Waals surface area contributed by atoms with Crippen LogP contribution in [0.4, 0.5) is 0 Å². The summed E-state index contributed by atoms with van der Waals surface area (Å²) < 4.78 is 17.7. The highest BCUT2D eigenvalue weighted by Gasteiger charge is 2.35. The molecule has 0 spiro atoms. The summed E-state index contributed by atoms with van der Waals surface area (Å²) in [7, 11) is 0. The van der Waals surface area contributed by atoms with Gasteiger partial charge in [0.25, 0.3) is 0 Å². The van der Waals surface area contributed by atoms with Gasteiger partial charge in [-0.15, -0.1) is 0 Å². The highest BCUT2D eigenvalue weighted by molar-refractivity contribution is 6.07. The molecule has 0 aliphatic rings. The van der Waals surface area contributed by atoms with E-state index < -0.39 is 17.2 Å². The second-order valence-corrected chi connectivity index (χ2v) is 11.6. The van der Waals surface area contributed by atoms with Gasteiger partial charge in [-0.05, 0) is 127 Å². The number of ether oxygens (including phenoxy) is 3. The Bertz CT molecular complexity index is 1120. The van der Waals surface area contributed by atoms with Crippen molar-refractivity contribution in [3.8, 4) is 11.5 Å². The van der Waals surface area contributed by atoms with Gasteiger partial charge in [-0.2, -0.15) is 0 Å². The Hall–Kier alpha value is -3.08. The summed E-state index contributed by atoms with van der Waals surface area (Å²) in [6.45, 7) is 19.6. The van der Waals surface area contributed by atoms with Crippen molar-refractivity contribution in [3.05, 3.63) is 63.7 Å². The lowest BCUT2D eigenvalue weighted by atomic mass is 10.0. The standard InChI is InChI=1S/C33H46O5/c1-11-12-13-14-17-36-29-24(4)20-27(21-25(29)5)28(34)16-15-26-18-22(2)30(23(3)19-26)37-33(9,10)31(35)38-32(6,7)8/h15-16,18-21H,11-14,17H2,1-10H3. The van der Waals surface area contributed by atoms with Crippen molar-refractivity contribution < 1.29 is 23.8 Å². The molecule has 0 amide bonds. The molecule has 5 heteroatoms. The first-order valence-electron chi connectivity index (χ1n) is 13.6. The van der Waals surface area contributed by atoms with Crippen LogP contribution in [0.15, 0.2) is 30.3 Å². The fourth-order valence-electron chi connectivity index (χ4n) is 4.23. The average Bonchev–Trinajstić information content (AvgIpc) is 2.80. The molecule has 5 nitrogen and oxygen atoms in total. The van der Waals surface area contributed by atoms with Crippen LogP contribution in [-0.2, 0) is 9.53 Å². The van der Waals surface area contributed by atoms with Gasteiger partial charge in [0, 0.05) is 5.56 Å². The monoisotopic (exact) mass is 522 g/mol. The number of carbonyl (C=O) groups excluding carboxylic acids is 2. The lowest BCUT2D eigenvalue weighted by Crippen LogP contribution is -2.43. The summed E-state index contributed by atoms with van der Waals surface area (Å²) in [5.74, 6) is 1.03. The largest absolute Gasteiger partial charge is 0.493 e. The quantitative estimate of drug-likeness (QED) is 0.121. The first kappa shape index (κ1) is 31.1. The molecule has 0 aliphatic carbocycles. The first-order valence-corrected chi connectivity index (χ1v) is 13.6. The van der Waals surface area contributed by atoms with E-state index in [1.54, 1.807) is 19.9 Å². The van der Waals surface area contributed by atoms with Crippen molar-refractivity contribution in [2.45, 2.75) is 106 Å². The Morgan fingerprint density at radius 1 is 0.789 bits per heavy atom. The molecule has 38 heavy (non-hydrogen) atoms. The molecule has 0 heterocycles. The lowest BCUT2D eigenvalue weighted by molar-refractivity contribution is -0.171. The molecule has 2 rings (SSSR count). The van der Waals surface area contributed by atoms with Crippen LogP contribution in [0.5, 0.6) is 11.5 Å². The van der Waals surface area contributed by atoms with Gasteiger partial charge < -0.3 is 14.2 Å². The first-order chi connectivity index (χ1) is 17.6.